The predicted octanol–water partition coefficient (Wildman–Crippen LogP) is -1.47. The van der Waals surface area contributed by atoms with Crippen molar-refractivity contribution in [2.24, 2.45) is 0 Å². The normalized spacial score (nSPS) is 0.500. The van der Waals surface area contributed by atoms with Gasteiger partial charge in [-0.15, -0.1) is 13.2 Å². The molecule has 0 spiro atoms. The van der Waals surface area contributed by atoms with Crippen LogP contribution >= 0.6 is 0 Å². The van der Waals surface area contributed by atoms with E-state index in [0.717, 1.165) is 0 Å². The molecule has 0 amide bonds. The second-order valence-electron chi connectivity index (χ2n) is 0. The molecule has 0 saturated heterocycles. The van der Waals surface area contributed by atoms with E-state index in [1.165, 1.54) is 0 Å². The first-order chi connectivity index (χ1) is 1.00. The Morgan fingerprint density at radius 1 is 0.500 bits per heavy atom. The molecule has 0 aliphatic carbocycles. The molecule has 0 aromatic carbocycles. The first-order valence-electron chi connectivity index (χ1n) is 0.500. The van der Waals surface area contributed by atoms with Gasteiger partial charge in [0.1, 0.15) is 0 Å². The summed E-state index contributed by atoms with van der Waals surface area (Å²) in [6.07, 6.45) is 0. The molecule has 6 heteroatoms. The molecule has 36 valence electrons. The van der Waals surface area contributed by atoms with E-state index in [-0.39, 0.29) is 218 Å². The average Bonchev–Trinajstić information content (AvgIpc) is 1.00. The van der Waals surface area contributed by atoms with Crippen molar-refractivity contribution < 1.29 is 0 Å². The van der Waals surface area contributed by atoms with Crippen LogP contribution < -0.4 is 12.3 Å². The van der Waals surface area contributed by atoms with Gasteiger partial charge >= 0.3 is 206 Å². The van der Waals surface area contributed by atoms with E-state index < -0.39 is 0 Å². The minimum atomic E-state index is 0. The van der Waals surface area contributed by atoms with Gasteiger partial charge < -0.3 is 12.3 Å². The molecule has 0 fully saturated rings. The van der Waals surface area contributed by atoms with E-state index in [1.807, 2.05) is 0 Å². The van der Waals surface area contributed by atoms with E-state index in [4.69, 9.17) is 0 Å². The molecule has 0 aromatic heterocycles. The van der Waals surface area contributed by atoms with Crippen LogP contribution in [0, 0.1) is 0 Å². The fraction of sp³-hybridized carbons (Fsp3) is 0. The molecule has 0 saturated carbocycles. The standard InChI is InChI=1S/C2H4.4K.2H3N.4H/c1-2;;;;;;;;;;/h1-2H2;;;;;2*1H3;;;;. The van der Waals surface area contributed by atoms with E-state index in [9.17, 15) is 0 Å². The molecule has 0 unspecified atom stereocenters. The summed E-state index contributed by atoms with van der Waals surface area (Å²) in [5.41, 5.74) is 0. The van der Waals surface area contributed by atoms with Gasteiger partial charge in [0.25, 0.3) is 0 Å². The fourth-order valence-electron chi connectivity index (χ4n) is 0. The molecule has 8 heavy (non-hydrogen) atoms. The van der Waals surface area contributed by atoms with Crippen LogP contribution in [0.1, 0.15) is 0 Å². The van der Waals surface area contributed by atoms with Gasteiger partial charge in [0.05, 0.1) is 0 Å². The first kappa shape index (κ1) is 47.7. The van der Waals surface area contributed by atoms with Crippen molar-refractivity contribution in [1.29, 1.82) is 0 Å². The second-order valence-corrected chi connectivity index (χ2v) is 0. The van der Waals surface area contributed by atoms with Crippen molar-refractivity contribution in [3.05, 3.63) is 13.2 Å². The van der Waals surface area contributed by atoms with Crippen LogP contribution in [0.15, 0.2) is 13.2 Å². The van der Waals surface area contributed by atoms with Crippen molar-refractivity contribution in [2.75, 3.05) is 0 Å². The van der Waals surface area contributed by atoms with Crippen LogP contribution in [0.3, 0.4) is 0 Å². The summed E-state index contributed by atoms with van der Waals surface area (Å²) in [7, 11) is 0. The quantitative estimate of drug-likeness (QED) is 0.388. The zero-order chi connectivity index (χ0) is 2.00. The number of hydrogen-bond acceptors (Lipinski definition) is 2. The Balaban J connectivity index is -0.000000000333. The van der Waals surface area contributed by atoms with Gasteiger partial charge in [-0.2, -0.15) is 0 Å². The average molecular weight is 223 g/mol. The summed E-state index contributed by atoms with van der Waals surface area (Å²) in [5, 5.41) is 0. The molecule has 0 aliphatic heterocycles. The Labute approximate surface area is 222 Å². The SMILES string of the molecule is C=C.N.N.[KH].[KH].[KH].[KH]. The molecule has 0 aliphatic rings. The zero-order valence-corrected chi connectivity index (χ0v) is 2.83. The first-order valence-corrected chi connectivity index (χ1v) is 0.500. The van der Waals surface area contributed by atoms with Crippen LogP contribution in [0.2, 0.25) is 0 Å². The monoisotopic (exact) mass is 222 g/mol. The molecular weight excluding hydrogens is 208 g/mol. The second kappa shape index (κ2) is 51.1. The summed E-state index contributed by atoms with van der Waals surface area (Å²) >= 11 is 0. The maximum absolute atomic E-state index is 3.00. The van der Waals surface area contributed by atoms with Gasteiger partial charge in [0.2, 0.25) is 0 Å². The van der Waals surface area contributed by atoms with E-state index >= 15 is 0 Å². The Hall–Kier alpha value is 6.21. The summed E-state index contributed by atoms with van der Waals surface area (Å²) in [4.78, 5) is 0. The minimum absolute atomic E-state index is 0. The Kier molecular flexibility index (Phi) is 305. The third-order valence-electron chi connectivity index (χ3n) is 0. The van der Waals surface area contributed by atoms with Crippen LogP contribution in [-0.2, 0) is 0 Å². The molecule has 0 radical (unpaired) electrons. The Morgan fingerprint density at radius 3 is 0.500 bits per heavy atom. The van der Waals surface area contributed by atoms with Crippen molar-refractivity contribution in [3.8, 4) is 0 Å². The van der Waals surface area contributed by atoms with Gasteiger partial charge in [-0.05, 0) is 0 Å². The van der Waals surface area contributed by atoms with Gasteiger partial charge in [-0.25, -0.2) is 0 Å². The Morgan fingerprint density at radius 2 is 0.500 bits per heavy atom. The van der Waals surface area contributed by atoms with Gasteiger partial charge in [-0.3, -0.25) is 0 Å². The molecule has 2 nitrogen and oxygen atoms in total. The van der Waals surface area contributed by atoms with Crippen molar-refractivity contribution in [3.63, 3.8) is 0 Å². The molecule has 0 heterocycles. The zero-order valence-electron chi connectivity index (χ0n) is 2.83. The summed E-state index contributed by atoms with van der Waals surface area (Å²) in [6.45, 7) is 6.00. The van der Waals surface area contributed by atoms with Crippen LogP contribution in [-0.4, -0.2) is 206 Å². The van der Waals surface area contributed by atoms with Crippen molar-refractivity contribution >= 4 is 206 Å². The predicted molar refractivity (Wildman–Crippen MR) is 49.9 cm³/mol. The van der Waals surface area contributed by atoms with Gasteiger partial charge in [0, 0.05) is 0 Å². The molecule has 6 N–H and O–H groups in total. The van der Waals surface area contributed by atoms with Gasteiger partial charge in [0.15, 0.2) is 0 Å². The van der Waals surface area contributed by atoms with Crippen LogP contribution in [0.25, 0.3) is 0 Å². The third-order valence-corrected chi connectivity index (χ3v) is 0. The third kappa shape index (κ3) is 39.8. The topological polar surface area (TPSA) is 70.0 Å². The summed E-state index contributed by atoms with van der Waals surface area (Å²) in [5.74, 6) is 0. The van der Waals surface area contributed by atoms with Crippen molar-refractivity contribution in [2.45, 2.75) is 0 Å². The van der Waals surface area contributed by atoms with E-state index in [1.54, 1.807) is 0 Å². The number of hydrogen-bond donors (Lipinski definition) is 2. The molecule has 0 rings (SSSR count). The van der Waals surface area contributed by atoms with Gasteiger partial charge in [-0.1, -0.05) is 0 Å². The fourth-order valence-corrected chi connectivity index (χ4v) is 0. The van der Waals surface area contributed by atoms with Crippen LogP contribution in [0.5, 0.6) is 0 Å². The number of rotatable bonds is 0. The molecular formula is C2H14K4N2. The maximum atomic E-state index is 3.00. The van der Waals surface area contributed by atoms with E-state index in [0.29, 0.717) is 0 Å². The van der Waals surface area contributed by atoms with E-state index in [2.05, 4.69) is 13.2 Å². The Bertz CT molecular complexity index is 12.0. The van der Waals surface area contributed by atoms with Crippen molar-refractivity contribution in [1.82, 2.24) is 12.3 Å². The summed E-state index contributed by atoms with van der Waals surface area (Å²) < 4.78 is 0. The molecule has 0 atom stereocenters. The van der Waals surface area contributed by atoms with Crippen LogP contribution in [0.4, 0.5) is 0 Å². The molecule has 0 bridgehead atoms. The molecule has 0 aromatic rings. The summed E-state index contributed by atoms with van der Waals surface area (Å²) in [6, 6.07) is 0.